The second-order valence-electron chi connectivity index (χ2n) is 3.75. The van der Waals surface area contributed by atoms with Crippen LogP contribution in [0, 0.1) is 0 Å². The van der Waals surface area contributed by atoms with Gasteiger partial charge in [0.2, 0.25) is 0 Å². The van der Waals surface area contributed by atoms with Gasteiger partial charge in [0.1, 0.15) is 10.7 Å². The molecule has 1 aromatic carbocycles. The predicted molar refractivity (Wildman–Crippen MR) is 77.2 cm³/mol. The standard InChI is InChI=1S/C12H10Cl2N4O/c1-7(8-3-2-4-9(13)5-8)16-17-10-6-15-18-12(19)11(10)14/h2-6H,1H3,(H2,17,18,19)/b16-7-. The van der Waals surface area contributed by atoms with Gasteiger partial charge in [0.05, 0.1) is 11.9 Å². The Morgan fingerprint density at radius 2 is 2.21 bits per heavy atom. The minimum Gasteiger partial charge on any atom is -0.275 e. The first kappa shape index (κ1) is 13.6. The van der Waals surface area contributed by atoms with Gasteiger partial charge in [-0.3, -0.25) is 10.2 Å². The van der Waals surface area contributed by atoms with Crippen molar-refractivity contribution in [2.24, 2.45) is 5.10 Å². The molecule has 19 heavy (non-hydrogen) atoms. The van der Waals surface area contributed by atoms with Crippen LogP contribution in [0.15, 0.2) is 40.4 Å². The quantitative estimate of drug-likeness (QED) is 0.676. The van der Waals surface area contributed by atoms with Gasteiger partial charge in [0.15, 0.2) is 0 Å². The van der Waals surface area contributed by atoms with E-state index in [0.717, 1.165) is 5.56 Å². The lowest BCUT2D eigenvalue weighted by atomic mass is 10.1. The average molecular weight is 297 g/mol. The van der Waals surface area contributed by atoms with E-state index < -0.39 is 5.56 Å². The summed E-state index contributed by atoms with van der Waals surface area (Å²) in [6.07, 6.45) is 1.39. The van der Waals surface area contributed by atoms with Gasteiger partial charge in [-0.25, -0.2) is 5.10 Å². The lowest BCUT2D eigenvalue weighted by molar-refractivity contribution is 0.986. The molecule has 0 bridgehead atoms. The van der Waals surface area contributed by atoms with Gasteiger partial charge in [-0.15, -0.1) is 0 Å². The number of anilines is 1. The molecule has 0 spiro atoms. The number of halogens is 2. The average Bonchev–Trinajstić information content (AvgIpc) is 2.40. The van der Waals surface area contributed by atoms with Crippen molar-refractivity contribution in [3.05, 3.63) is 56.4 Å². The van der Waals surface area contributed by atoms with Crippen LogP contribution in [0.25, 0.3) is 0 Å². The first-order valence-corrected chi connectivity index (χ1v) is 6.13. The minimum absolute atomic E-state index is 0.0117. The van der Waals surface area contributed by atoms with Gasteiger partial charge in [-0.1, -0.05) is 35.3 Å². The molecule has 7 heteroatoms. The number of H-pyrrole nitrogens is 1. The maximum Gasteiger partial charge on any atom is 0.285 e. The zero-order valence-electron chi connectivity index (χ0n) is 9.95. The summed E-state index contributed by atoms with van der Waals surface area (Å²) in [4.78, 5) is 11.2. The van der Waals surface area contributed by atoms with Gasteiger partial charge < -0.3 is 0 Å². The van der Waals surface area contributed by atoms with Crippen molar-refractivity contribution in [3.8, 4) is 0 Å². The Balaban J connectivity index is 2.23. The molecule has 2 N–H and O–H groups in total. The number of benzene rings is 1. The molecule has 98 valence electrons. The van der Waals surface area contributed by atoms with Crippen LogP contribution in [-0.2, 0) is 0 Å². The highest BCUT2D eigenvalue weighted by atomic mass is 35.5. The number of aromatic nitrogens is 2. The maximum atomic E-state index is 11.2. The summed E-state index contributed by atoms with van der Waals surface area (Å²) in [6.45, 7) is 1.81. The Morgan fingerprint density at radius 3 is 2.95 bits per heavy atom. The fraction of sp³-hybridized carbons (Fsp3) is 0.0833. The molecule has 0 fully saturated rings. The van der Waals surface area contributed by atoms with Crippen molar-refractivity contribution in [2.45, 2.75) is 6.92 Å². The third kappa shape index (κ3) is 3.33. The molecule has 0 aliphatic carbocycles. The second kappa shape index (κ2) is 5.86. The van der Waals surface area contributed by atoms with E-state index in [9.17, 15) is 4.79 Å². The van der Waals surface area contributed by atoms with Crippen molar-refractivity contribution in [3.63, 3.8) is 0 Å². The SMILES string of the molecule is C/C(=N/Nc1cn[nH]c(=O)c1Cl)c1cccc(Cl)c1. The highest BCUT2D eigenvalue weighted by Crippen LogP contribution is 2.15. The fourth-order valence-electron chi connectivity index (χ4n) is 1.38. The first-order valence-electron chi connectivity index (χ1n) is 5.37. The van der Waals surface area contributed by atoms with Crippen molar-refractivity contribution in [1.29, 1.82) is 0 Å². The molecule has 0 unspecified atom stereocenters. The number of nitrogens with zero attached hydrogens (tertiary/aromatic N) is 2. The summed E-state index contributed by atoms with van der Waals surface area (Å²) >= 11 is 11.7. The molecule has 1 heterocycles. The Labute approximate surface area is 119 Å². The number of hydrazone groups is 1. The number of aromatic amines is 1. The van der Waals surface area contributed by atoms with Crippen molar-refractivity contribution >= 4 is 34.6 Å². The molecule has 0 aliphatic heterocycles. The number of hydrogen-bond acceptors (Lipinski definition) is 4. The summed E-state index contributed by atoms with van der Waals surface area (Å²) in [6, 6.07) is 7.28. The van der Waals surface area contributed by atoms with Crippen LogP contribution in [0.4, 0.5) is 5.69 Å². The smallest absolute Gasteiger partial charge is 0.275 e. The summed E-state index contributed by atoms with van der Waals surface area (Å²) in [5.74, 6) is 0. The van der Waals surface area contributed by atoms with Gasteiger partial charge in [0.25, 0.3) is 5.56 Å². The van der Waals surface area contributed by atoms with E-state index >= 15 is 0 Å². The van der Waals surface area contributed by atoms with Crippen LogP contribution >= 0.6 is 23.2 Å². The summed E-state index contributed by atoms with van der Waals surface area (Å²) in [5.41, 5.74) is 4.15. The van der Waals surface area contributed by atoms with Crippen LogP contribution in [0.2, 0.25) is 10.0 Å². The summed E-state index contributed by atoms with van der Waals surface area (Å²) in [5, 5.41) is 10.6. The lowest BCUT2D eigenvalue weighted by Gasteiger charge is -2.04. The first-order chi connectivity index (χ1) is 9.08. The zero-order chi connectivity index (χ0) is 13.8. The van der Waals surface area contributed by atoms with Crippen LogP contribution in [-0.4, -0.2) is 15.9 Å². The van der Waals surface area contributed by atoms with Gasteiger partial charge >= 0.3 is 0 Å². The Hall–Kier alpha value is -1.85. The molecule has 0 aliphatic rings. The topological polar surface area (TPSA) is 70.1 Å². The number of rotatable bonds is 3. The lowest BCUT2D eigenvalue weighted by Crippen LogP contribution is -2.10. The summed E-state index contributed by atoms with van der Waals surface area (Å²) < 4.78 is 0. The predicted octanol–water partition coefficient (Wildman–Crippen LogP) is 2.91. The molecule has 0 amide bonds. The van der Waals surface area contributed by atoms with E-state index in [1.54, 1.807) is 12.1 Å². The van der Waals surface area contributed by atoms with Crippen LogP contribution in [0.5, 0.6) is 0 Å². The highest BCUT2D eigenvalue weighted by Gasteiger charge is 2.04. The maximum absolute atomic E-state index is 11.2. The Kier molecular flexibility index (Phi) is 4.19. The molecule has 1 aromatic heterocycles. The van der Waals surface area contributed by atoms with E-state index in [1.165, 1.54) is 6.20 Å². The Bertz CT molecular complexity index is 681. The summed E-state index contributed by atoms with van der Waals surface area (Å²) in [7, 11) is 0. The van der Waals surface area contributed by atoms with Gasteiger partial charge in [-0.05, 0) is 24.6 Å². The van der Waals surface area contributed by atoms with E-state index in [1.807, 2.05) is 19.1 Å². The van der Waals surface area contributed by atoms with E-state index in [4.69, 9.17) is 23.2 Å². The minimum atomic E-state index is -0.470. The zero-order valence-corrected chi connectivity index (χ0v) is 11.5. The van der Waals surface area contributed by atoms with Crippen LogP contribution in [0.3, 0.4) is 0 Å². The third-order valence-corrected chi connectivity index (χ3v) is 2.99. The highest BCUT2D eigenvalue weighted by molar-refractivity contribution is 6.33. The molecule has 0 saturated heterocycles. The third-order valence-electron chi connectivity index (χ3n) is 2.38. The molecule has 0 atom stereocenters. The van der Waals surface area contributed by atoms with Crippen LogP contribution < -0.4 is 11.0 Å². The molecule has 5 nitrogen and oxygen atoms in total. The van der Waals surface area contributed by atoms with Gasteiger partial charge in [0, 0.05) is 5.02 Å². The van der Waals surface area contributed by atoms with Crippen molar-refractivity contribution in [2.75, 3.05) is 5.43 Å². The van der Waals surface area contributed by atoms with Crippen molar-refractivity contribution in [1.82, 2.24) is 10.2 Å². The van der Waals surface area contributed by atoms with E-state index in [2.05, 4.69) is 20.7 Å². The second-order valence-corrected chi connectivity index (χ2v) is 4.56. The number of hydrogen-bond donors (Lipinski definition) is 2. The largest absolute Gasteiger partial charge is 0.285 e. The Morgan fingerprint density at radius 1 is 1.42 bits per heavy atom. The van der Waals surface area contributed by atoms with E-state index in [-0.39, 0.29) is 5.02 Å². The molecule has 2 aromatic rings. The molecule has 2 rings (SSSR count). The molecular weight excluding hydrogens is 287 g/mol. The van der Waals surface area contributed by atoms with Crippen molar-refractivity contribution < 1.29 is 0 Å². The number of nitrogens with one attached hydrogen (secondary N) is 2. The molecule has 0 radical (unpaired) electrons. The molecule has 0 saturated carbocycles. The van der Waals surface area contributed by atoms with E-state index in [0.29, 0.717) is 16.4 Å². The fourth-order valence-corrected chi connectivity index (χ4v) is 1.71. The van der Waals surface area contributed by atoms with Gasteiger partial charge in [-0.2, -0.15) is 10.2 Å². The molecular formula is C12H10Cl2N4O. The monoisotopic (exact) mass is 296 g/mol. The van der Waals surface area contributed by atoms with Crippen LogP contribution in [0.1, 0.15) is 12.5 Å². The normalized spacial score (nSPS) is 11.4.